The van der Waals surface area contributed by atoms with Gasteiger partial charge in [0.1, 0.15) is 5.52 Å². The van der Waals surface area contributed by atoms with Crippen LogP contribution in [0.25, 0.3) is 11.2 Å². The minimum atomic E-state index is 0.546. The Morgan fingerprint density at radius 3 is 2.67 bits per heavy atom. The van der Waals surface area contributed by atoms with Crippen LogP contribution in [0, 0.1) is 0 Å². The summed E-state index contributed by atoms with van der Waals surface area (Å²) in [5, 5.41) is 0. The van der Waals surface area contributed by atoms with Crippen molar-refractivity contribution in [3.05, 3.63) is 48.4 Å². The molecule has 1 aliphatic heterocycles. The quantitative estimate of drug-likeness (QED) is 0.797. The van der Waals surface area contributed by atoms with Crippen molar-refractivity contribution in [3.8, 4) is 0 Å². The number of H-pyrrole nitrogens is 1. The molecule has 1 aromatic carbocycles. The Morgan fingerprint density at radius 2 is 1.88 bits per heavy atom. The van der Waals surface area contributed by atoms with Gasteiger partial charge in [-0.1, -0.05) is 30.3 Å². The number of fused-ring (bicyclic) bond motifs is 1. The Labute approximate surface area is 141 Å². The molecule has 0 bridgehead atoms. The van der Waals surface area contributed by atoms with E-state index in [0.717, 1.165) is 49.7 Å². The summed E-state index contributed by atoms with van der Waals surface area (Å²) in [6.45, 7) is 6.30. The molecule has 0 aliphatic carbocycles. The van der Waals surface area contributed by atoms with Gasteiger partial charge in [-0.2, -0.15) is 4.98 Å². The maximum atomic E-state index is 4.55. The molecule has 0 spiro atoms. The van der Waals surface area contributed by atoms with Crippen LogP contribution in [0.5, 0.6) is 0 Å². The second-order valence-electron chi connectivity index (χ2n) is 6.37. The van der Waals surface area contributed by atoms with Crippen LogP contribution in [0.3, 0.4) is 0 Å². The molecule has 6 nitrogen and oxygen atoms in total. The number of benzene rings is 1. The molecule has 0 saturated carbocycles. The predicted molar refractivity (Wildman–Crippen MR) is 95.1 cm³/mol. The van der Waals surface area contributed by atoms with Crippen molar-refractivity contribution in [2.24, 2.45) is 0 Å². The molecular weight excluding hydrogens is 300 g/mol. The topological polar surface area (TPSA) is 60.9 Å². The Morgan fingerprint density at radius 1 is 1.08 bits per heavy atom. The normalized spacial score (nSPS) is 17.3. The highest BCUT2D eigenvalue weighted by atomic mass is 15.3. The highest BCUT2D eigenvalue weighted by Gasteiger charge is 2.23. The first kappa shape index (κ1) is 15.1. The zero-order chi connectivity index (χ0) is 16.4. The molecule has 4 rings (SSSR count). The molecule has 1 atom stereocenters. The second kappa shape index (κ2) is 6.57. The third-order valence-corrected chi connectivity index (χ3v) is 4.76. The van der Waals surface area contributed by atoms with Crippen LogP contribution in [-0.2, 0) is 6.42 Å². The van der Waals surface area contributed by atoms with Gasteiger partial charge in [0.15, 0.2) is 5.65 Å². The molecule has 0 radical (unpaired) electrons. The summed E-state index contributed by atoms with van der Waals surface area (Å²) in [6, 6.07) is 11.3. The number of nitrogens with one attached hydrogen (secondary N) is 1. The van der Waals surface area contributed by atoms with Gasteiger partial charge in [-0.25, -0.2) is 9.97 Å². The lowest BCUT2D eigenvalue weighted by Gasteiger charge is -2.38. The smallest absolute Gasteiger partial charge is 0.227 e. The maximum absolute atomic E-state index is 4.55. The van der Waals surface area contributed by atoms with E-state index in [4.69, 9.17) is 0 Å². The average Bonchev–Trinajstić information content (AvgIpc) is 3.10. The van der Waals surface area contributed by atoms with Gasteiger partial charge in [-0.05, 0) is 18.9 Å². The fraction of sp³-hybridized carbons (Fsp3) is 0.389. The average molecular weight is 322 g/mol. The number of hydrogen-bond acceptors (Lipinski definition) is 5. The van der Waals surface area contributed by atoms with E-state index in [9.17, 15) is 0 Å². The molecule has 6 heteroatoms. The summed E-state index contributed by atoms with van der Waals surface area (Å²) in [7, 11) is 0. The summed E-state index contributed by atoms with van der Waals surface area (Å²) in [5.74, 6) is 0.782. The van der Waals surface area contributed by atoms with E-state index in [1.807, 2.05) is 6.20 Å². The van der Waals surface area contributed by atoms with Crippen LogP contribution in [0.2, 0.25) is 0 Å². The third kappa shape index (κ3) is 3.10. The molecule has 1 fully saturated rings. The molecule has 0 amide bonds. The number of aromatic amines is 1. The molecule has 3 aromatic rings. The SMILES string of the molecule is CC(Cc1ccccc1)N1CCN(c2ncc3[nH]cnc3n2)CC1. The number of hydrogen-bond donors (Lipinski definition) is 1. The van der Waals surface area contributed by atoms with Crippen molar-refractivity contribution in [2.75, 3.05) is 31.1 Å². The number of aromatic nitrogens is 4. The van der Waals surface area contributed by atoms with E-state index in [1.165, 1.54) is 5.56 Å². The first-order valence-electron chi connectivity index (χ1n) is 8.48. The number of piperazine rings is 1. The fourth-order valence-corrected chi connectivity index (χ4v) is 3.33. The van der Waals surface area contributed by atoms with Crippen molar-refractivity contribution >= 4 is 17.1 Å². The maximum Gasteiger partial charge on any atom is 0.227 e. The first-order valence-corrected chi connectivity index (χ1v) is 8.48. The molecular formula is C18H22N6. The Kier molecular flexibility index (Phi) is 4.13. The Hall–Kier alpha value is -2.47. The standard InChI is InChI=1S/C18H22N6/c1-14(11-15-5-3-2-4-6-15)23-7-9-24(10-8-23)18-19-12-16-17(22-18)21-13-20-16/h2-6,12-14H,7-11H2,1H3,(H,19,20,21,22). The van der Waals surface area contributed by atoms with E-state index in [2.05, 4.69) is 67.0 Å². The van der Waals surface area contributed by atoms with Crippen molar-refractivity contribution in [2.45, 2.75) is 19.4 Å². The van der Waals surface area contributed by atoms with Crippen LogP contribution in [0.4, 0.5) is 5.95 Å². The highest BCUT2D eigenvalue weighted by Crippen LogP contribution is 2.16. The van der Waals surface area contributed by atoms with Crippen LogP contribution >= 0.6 is 0 Å². The second-order valence-corrected chi connectivity index (χ2v) is 6.37. The zero-order valence-electron chi connectivity index (χ0n) is 13.9. The summed E-state index contributed by atoms with van der Waals surface area (Å²) >= 11 is 0. The fourth-order valence-electron chi connectivity index (χ4n) is 3.33. The van der Waals surface area contributed by atoms with Crippen LogP contribution in [0.1, 0.15) is 12.5 Å². The number of rotatable bonds is 4. The van der Waals surface area contributed by atoms with E-state index in [-0.39, 0.29) is 0 Å². The van der Waals surface area contributed by atoms with Gasteiger partial charge in [0.25, 0.3) is 0 Å². The van der Waals surface area contributed by atoms with Gasteiger partial charge >= 0.3 is 0 Å². The number of imidazole rings is 1. The summed E-state index contributed by atoms with van der Waals surface area (Å²) < 4.78 is 0. The van der Waals surface area contributed by atoms with Gasteiger partial charge in [0, 0.05) is 32.2 Å². The lowest BCUT2D eigenvalue weighted by atomic mass is 10.1. The molecule has 2 aromatic heterocycles. The Bertz CT molecular complexity index is 791. The lowest BCUT2D eigenvalue weighted by molar-refractivity contribution is 0.195. The molecule has 1 N–H and O–H groups in total. The highest BCUT2D eigenvalue weighted by molar-refractivity contribution is 5.69. The monoisotopic (exact) mass is 322 g/mol. The van der Waals surface area contributed by atoms with Gasteiger partial charge in [0.05, 0.1) is 12.5 Å². The van der Waals surface area contributed by atoms with Gasteiger partial charge in [-0.3, -0.25) is 4.90 Å². The third-order valence-electron chi connectivity index (χ3n) is 4.76. The molecule has 1 unspecified atom stereocenters. The zero-order valence-corrected chi connectivity index (χ0v) is 13.9. The van der Waals surface area contributed by atoms with E-state index < -0.39 is 0 Å². The molecule has 124 valence electrons. The van der Waals surface area contributed by atoms with E-state index >= 15 is 0 Å². The molecule has 24 heavy (non-hydrogen) atoms. The summed E-state index contributed by atoms with van der Waals surface area (Å²) in [6.07, 6.45) is 4.57. The summed E-state index contributed by atoms with van der Waals surface area (Å²) in [4.78, 5) is 21.1. The minimum Gasteiger partial charge on any atom is -0.342 e. The van der Waals surface area contributed by atoms with E-state index in [0.29, 0.717) is 6.04 Å². The minimum absolute atomic E-state index is 0.546. The molecule has 1 aliphatic rings. The van der Waals surface area contributed by atoms with Gasteiger partial charge < -0.3 is 9.88 Å². The molecule has 1 saturated heterocycles. The Balaban J connectivity index is 1.37. The summed E-state index contributed by atoms with van der Waals surface area (Å²) in [5.41, 5.74) is 3.02. The number of nitrogens with zero attached hydrogens (tertiary/aromatic N) is 5. The van der Waals surface area contributed by atoms with E-state index in [1.54, 1.807) is 6.33 Å². The van der Waals surface area contributed by atoms with Crippen molar-refractivity contribution in [1.29, 1.82) is 0 Å². The lowest BCUT2D eigenvalue weighted by Crippen LogP contribution is -2.50. The van der Waals surface area contributed by atoms with Crippen molar-refractivity contribution in [1.82, 2.24) is 24.8 Å². The van der Waals surface area contributed by atoms with Crippen LogP contribution in [-0.4, -0.2) is 57.1 Å². The number of anilines is 1. The predicted octanol–water partition coefficient (Wildman–Crippen LogP) is 2.11. The molecule has 3 heterocycles. The van der Waals surface area contributed by atoms with Crippen LogP contribution < -0.4 is 4.90 Å². The van der Waals surface area contributed by atoms with Crippen LogP contribution in [0.15, 0.2) is 42.9 Å². The first-order chi connectivity index (χ1) is 11.8. The van der Waals surface area contributed by atoms with Crippen molar-refractivity contribution in [3.63, 3.8) is 0 Å². The van der Waals surface area contributed by atoms with Crippen molar-refractivity contribution < 1.29 is 0 Å². The van der Waals surface area contributed by atoms with Gasteiger partial charge in [0.2, 0.25) is 5.95 Å². The van der Waals surface area contributed by atoms with Gasteiger partial charge in [-0.15, -0.1) is 0 Å². The largest absolute Gasteiger partial charge is 0.342 e.